The first-order valence-electron chi connectivity index (χ1n) is 9.32. The molecule has 1 aliphatic heterocycles. The normalized spacial score (nSPS) is 15.9. The minimum atomic E-state index is -0.284. The largest absolute Gasteiger partial charge is 0.383 e. The summed E-state index contributed by atoms with van der Waals surface area (Å²) in [6.45, 7) is 4.75. The number of nitrogens with zero attached hydrogens (tertiary/aromatic N) is 4. The Bertz CT molecular complexity index is 1370. The highest BCUT2D eigenvalue weighted by Gasteiger charge is 2.34. The van der Waals surface area contributed by atoms with Crippen molar-refractivity contribution in [3.63, 3.8) is 0 Å². The van der Waals surface area contributed by atoms with E-state index in [-0.39, 0.29) is 11.9 Å². The van der Waals surface area contributed by atoms with E-state index in [9.17, 15) is 4.79 Å². The van der Waals surface area contributed by atoms with Crippen LogP contribution in [0.4, 0.5) is 5.82 Å². The third kappa shape index (κ3) is 2.74. The third-order valence-electron chi connectivity index (χ3n) is 5.37. The Morgan fingerprint density at radius 2 is 2.13 bits per heavy atom. The molecular weight excluding hydrogens is 400 g/mol. The second kappa shape index (κ2) is 6.96. The summed E-state index contributed by atoms with van der Waals surface area (Å²) in [5, 5.41) is 4.70. The lowest BCUT2D eigenvalue weighted by molar-refractivity contribution is -0.116. The fourth-order valence-electron chi connectivity index (χ4n) is 4.06. The van der Waals surface area contributed by atoms with Gasteiger partial charge < -0.3 is 15.6 Å². The Balaban J connectivity index is 1.72. The van der Waals surface area contributed by atoms with Crippen molar-refractivity contribution in [2.45, 2.75) is 12.6 Å². The lowest BCUT2D eigenvalue weighted by Crippen LogP contribution is -2.34. The number of benzene rings is 1. The van der Waals surface area contributed by atoms with Crippen LogP contribution < -0.4 is 11.1 Å². The van der Waals surface area contributed by atoms with Gasteiger partial charge in [-0.15, -0.1) is 0 Å². The molecule has 0 bridgehead atoms. The lowest BCUT2D eigenvalue weighted by atomic mass is 9.98. The minimum absolute atomic E-state index is 0.283. The number of pyridine rings is 1. The van der Waals surface area contributed by atoms with Gasteiger partial charge in [-0.2, -0.15) is 0 Å². The third-order valence-corrected chi connectivity index (χ3v) is 5.49. The van der Waals surface area contributed by atoms with Crippen molar-refractivity contribution >= 4 is 50.8 Å². The molecule has 4 aromatic rings. The topological polar surface area (TPSA) is 98.7 Å². The van der Waals surface area contributed by atoms with Crippen molar-refractivity contribution in [2.75, 3.05) is 5.73 Å². The average molecular weight is 417 g/mol. The van der Waals surface area contributed by atoms with E-state index in [1.165, 1.54) is 17.9 Å². The number of rotatable bonds is 3. The molecule has 0 unspecified atom stereocenters. The van der Waals surface area contributed by atoms with Crippen LogP contribution in [0, 0.1) is 0 Å². The Morgan fingerprint density at radius 1 is 1.30 bits per heavy atom. The van der Waals surface area contributed by atoms with E-state index >= 15 is 0 Å². The Hall–Kier alpha value is -3.71. The van der Waals surface area contributed by atoms with E-state index < -0.39 is 0 Å². The fourth-order valence-corrected chi connectivity index (χ4v) is 4.18. The SMILES string of the molecule is C=C1c2c(-c3cnc4ccccc4c3)c3c(N)ncnc3n2C[C@H]1NC(=O)/C=C/Cl. The molecule has 148 valence electrons. The fraction of sp³-hybridized carbons (Fsp3) is 0.0909. The molecule has 0 saturated heterocycles. The van der Waals surface area contributed by atoms with Gasteiger partial charge >= 0.3 is 0 Å². The predicted octanol–water partition coefficient (Wildman–Crippen LogP) is 3.49. The quantitative estimate of drug-likeness (QED) is 0.498. The summed E-state index contributed by atoms with van der Waals surface area (Å²) in [4.78, 5) is 25.3. The van der Waals surface area contributed by atoms with Crippen molar-refractivity contribution < 1.29 is 4.79 Å². The molecule has 0 spiro atoms. The van der Waals surface area contributed by atoms with Crippen LogP contribution in [-0.4, -0.2) is 31.5 Å². The number of hydrogen-bond acceptors (Lipinski definition) is 5. The molecule has 1 amide bonds. The molecule has 8 heteroatoms. The summed E-state index contributed by atoms with van der Waals surface area (Å²) in [5.41, 5.74) is 12.5. The van der Waals surface area contributed by atoms with E-state index in [2.05, 4.69) is 32.9 Å². The smallest absolute Gasteiger partial charge is 0.245 e. The van der Waals surface area contributed by atoms with Crippen LogP contribution in [0.5, 0.6) is 0 Å². The first-order chi connectivity index (χ1) is 14.6. The molecule has 0 saturated carbocycles. The number of halogens is 1. The number of nitrogens with one attached hydrogen (secondary N) is 1. The van der Waals surface area contributed by atoms with Gasteiger partial charge in [0, 0.05) is 40.9 Å². The van der Waals surface area contributed by atoms with Gasteiger partial charge in [-0.05, 0) is 17.7 Å². The van der Waals surface area contributed by atoms with Crippen molar-refractivity contribution in [1.29, 1.82) is 0 Å². The number of hydrogen-bond donors (Lipinski definition) is 2. The molecular formula is C22H17ClN6O. The second-order valence-corrected chi connectivity index (χ2v) is 7.34. The Kier molecular flexibility index (Phi) is 4.25. The van der Waals surface area contributed by atoms with E-state index in [1.807, 2.05) is 35.0 Å². The highest BCUT2D eigenvalue weighted by Crippen LogP contribution is 2.44. The second-order valence-electron chi connectivity index (χ2n) is 7.09. The zero-order valence-electron chi connectivity index (χ0n) is 15.8. The number of amides is 1. The van der Waals surface area contributed by atoms with Crippen molar-refractivity contribution in [2.24, 2.45) is 0 Å². The van der Waals surface area contributed by atoms with Crippen LogP contribution in [0.2, 0.25) is 0 Å². The summed E-state index contributed by atoms with van der Waals surface area (Å²) in [6, 6.07) is 9.70. The maximum Gasteiger partial charge on any atom is 0.245 e. The lowest BCUT2D eigenvalue weighted by Gasteiger charge is -2.13. The van der Waals surface area contributed by atoms with Gasteiger partial charge in [-0.25, -0.2) is 9.97 Å². The molecule has 5 rings (SSSR count). The molecule has 4 heterocycles. The van der Waals surface area contributed by atoms with Gasteiger partial charge in [-0.3, -0.25) is 9.78 Å². The molecule has 1 aromatic carbocycles. The molecule has 0 radical (unpaired) electrons. The number of para-hydroxylation sites is 1. The van der Waals surface area contributed by atoms with E-state index in [4.69, 9.17) is 17.3 Å². The molecule has 1 atom stereocenters. The predicted molar refractivity (Wildman–Crippen MR) is 119 cm³/mol. The van der Waals surface area contributed by atoms with Gasteiger partial charge in [0.1, 0.15) is 17.8 Å². The summed E-state index contributed by atoms with van der Waals surface area (Å²) in [6.07, 6.45) is 4.53. The number of nitrogens with two attached hydrogens (primary N) is 1. The van der Waals surface area contributed by atoms with Crippen LogP contribution in [0.15, 0.2) is 61.0 Å². The highest BCUT2D eigenvalue weighted by atomic mass is 35.5. The molecule has 3 aromatic heterocycles. The summed E-state index contributed by atoms with van der Waals surface area (Å²) >= 11 is 5.53. The summed E-state index contributed by atoms with van der Waals surface area (Å²) in [5.74, 6) is 0.109. The van der Waals surface area contributed by atoms with Gasteiger partial charge in [0.25, 0.3) is 0 Å². The maximum atomic E-state index is 12.0. The van der Waals surface area contributed by atoms with Crippen molar-refractivity contribution in [1.82, 2.24) is 24.8 Å². The maximum absolute atomic E-state index is 12.0. The molecule has 30 heavy (non-hydrogen) atoms. The van der Waals surface area contributed by atoms with Gasteiger partial charge in [-0.1, -0.05) is 36.4 Å². The number of carbonyl (C=O) groups is 1. The number of fused-ring (bicyclic) bond motifs is 4. The van der Waals surface area contributed by atoms with E-state index in [0.29, 0.717) is 18.0 Å². The van der Waals surface area contributed by atoms with Crippen LogP contribution in [-0.2, 0) is 11.3 Å². The first-order valence-corrected chi connectivity index (χ1v) is 9.76. The minimum Gasteiger partial charge on any atom is -0.383 e. The summed E-state index contributed by atoms with van der Waals surface area (Å²) in [7, 11) is 0. The number of nitrogen functional groups attached to an aromatic ring is 1. The molecule has 1 aliphatic rings. The number of carbonyl (C=O) groups excluding carboxylic acids is 1. The van der Waals surface area contributed by atoms with Gasteiger partial charge in [0.2, 0.25) is 5.91 Å². The van der Waals surface area contributed by atoms with Crippen LogP contribution >= 0.6 is 11.6 Å². The zero-order chi connectivity index (χ0) is 20.8. The zero-order valence-corrected chi connectivity index (χ0v) is 16.6. The van der Waals surface area contributed by atoms with Crippen LogP contribution in [0.25, 0.3) is 38.6 Å². The number of aromatic nitrogens is 4. The van der Waals surface area contributed by atoms with Crippen LogP contribution in [0.1, 0.15) is 5.69 Å². The molecule has 0 aliphatic carbocycles. The van der Waals surface area contributed by atoms with Gasteiger partial charge in [0.05, 0.1) is 22.6 Å². The standard InChI is InChI=1S/C22H17ClN6O/c1-12-16(28-17(30)6-7-23)10-29-20(12)18(19-21(24)26-11-27-22(19)29)14-8-13-4-2-3-5-15(13)25-9-14/h2-9,11,16H,1,10H2,(H,28,30)(H2,24,26,27)/b7-6+/t16-/m1/s1. The van der Waals surface area contributed by atoms with E-state index in [0.717, 1.165) is 38.7 Å². The molecule has 7 nitrogen and oxygen atoms in total. The summed E-state index contributed by atoms with van der Waals surface area (Å²) < 4.78 is 2.02. The number of anilines is 1. The molecule has 3 N–H and O–H groups in total. The van der Waals surface area contributed by atoms with Crippen LogP contribution in [0.3, 0.4) is 0 Å². The Labute approximate surface area is 176 Å². The first kappa shape index (κ1) is 18.3. The van der Waals surface area contributed by atoms with Crippen molar-refractivity contribution in [3.05, 3.63) is 66.7 Å². The van der Waals surface area contributed by atoms with Crippen molar-refractivity contribution in [3.8, 4) is 11.1 Å². The highest BCUT2D eigenvalue weighted by molar-refractivity contribution is 6.26. The monoisotopic (exact) mass is 416 g/mol. The molecule has 0 fully saturated rings. The van der Waals surface area contributed by atoms with E-state index in [1.54, 1.807) is 0 Å². The van der Waals surface area contributed by atoms with Gasteiger partial charge in [0.15, 0.2) is 0 Å². The Morgan fingerprint density at radius 3 is 2.97 bits per heavy atom. The average Bonchev–Trinajstić information content (AvgIpc) is 3.23.